The van der Waals surface area contributed by atoms with Gasteiger partial charge in [0.25, 0.3) is 0 Å². The number of nitrogens with zero attached hydrogens (tertiary/aromatic N) is 1. The molecule has 14 heavy (non-hydrogen) atoms. The number of thiazole rings is 1. The second-order valence-corrected chi connectivity index (χ2v) is 4.22. The number of aliphatic hydroxyl groups is 1. The summed E-state index contributed by atoms with van der Waals surface area (Å²) in [6.45, 7) is 2.62. The molecule has 1 aliphatic heterocycles. The Labute approximate surface area is 87.1 Å². The van der Waals surface area contributed by atoms with E-state index in [1.165, 1.54) is 11.3 Å². The normalized spacial score (nSPS) is 18.6. The van der Waals surface area contributed by atoms with Crippen molar-refractivity contribution in [3.05, 3.63) is 27.9 Å². The molecule has 0 saturated carbocycles. The molecule has 1 aromatic heterocycles. The molecule has 1 atom stereocenters. The second-order valence-electron chi connectivity index (χ2n) is 3.33. The number of hydrogen-bond donors (Lipinski definition) is 1. The fourth-order valence-electron chi connectivity index (χ4n) is 1.39. The summed E-state index contributed by atoms with van der Waals surface area (Å²) >= 11 is 1.47. The van der Waals surface area contributed by atoms with Crippen LogP contribution in [0.25, 0.3) is 0 Å². The van der Waals surface area contributed by atoms with Crippen LogP contribution >= 0.6 is 11.3 Å². The molecule has 1 aromatic rings. The van der Waals surface area contributed by atoms with E-state index in [0.717, 1.165) is 23.5 Å². The summed E-state index contributed by atoms with van der Waals surface area (Å²) in [4.78, 5) is 4.23. The van der Waals surface area contributed by atoms with E-state index in [1.54, 1.807) is 0 Å². The van der Waals surface area contributed by atoms with Crippen molar-refractivity contribution in [1.82, 2.24) is 4.98 Å². The van der Waals surface area contributed by atoms with E-state index in [-0.39, 0.29) is 0 Å². The molecule has 0 amide bonds. The lowest BCUT2D eigenvalue weighted by molar-refractivity contribution is 0.0916. The number of aliphatic hydroxyl groups excluding tert-OH is 1. The monoisotopic (exact) mass is 211 g/mol. The molecule has 0 fully saturated rings. The van der Waals surface area contributed by atoms with E-state index < -0.39 is 6.10 Å². The van der Waals surface area contributed by atoms with Crippen LogP contribution in [0.3, 0.4) is 0 Å². The van der Waals surface area contributed by atoms with Gasteiger partial charge < -0.3 is 9.84 Å². The van der Waals surface area contributed by atoms with Gasteiger partial charge in [-0.05, 0) is 25.8 Å². The lowest BCUT2D eigenvalue weighted by Crippen LogP contribution is -2.09. The van der Waals surface area contributed by atoms with Crippen molar-refractivity contribution in [2.45, 2.75) is 25.9 Å². The Balaban J connectivity index is 2.14. The van der Waals surface area contributed by atoms with Gasteiger partial charge in [0, 0.05) is 11.1 Å². The van der Waals surface area contributed by atoms with Crippen LogP contribution in [0, 0.1) is 6.92 Å². The first-order chi connectivity index (χ1) is 6.77. The molecule has 0 saturated heterocycles. The minimum atomic E-state index is -0.672. The maximum Gasteiger partial charge on any atom is 0.162 e. The van der Waals surface area contributed by atoms with Crippen LogP contribution in [0.1, 0.15) is 29.6 Å². The van der Waals surface area contributed by atoms with Crippen LogP contribution in [0.2, 0.25) is 0 Å². The van der Waals surface area contributed by atoms with Crippen LogP contribution in [0.5, 0.6) is 0 Å². The number of hydrogen-bond acceptors (Lipinski definition) is 4. The zero-order chi connectivity index (χ0) is 9.97. The van der Waals surface area contributed by atoms with Crippen molar-refractivity contribution in [3.8, 4) is 0 Å². The zero-order valence-electron chi connectivity index (χ0n) is 8.06. The second kappa shape index (κ2) is 4.11. The largest absolute Gasteiger partial charge is 0.495 e. The molecular formula is C10H13NO2S. The van der Waals surface area contributed by atoms with E-state index in [9.17, 15) is 5.11 Å². The maximum atomic E-state index is 9.91. The van der Waals surface area contributed by atoms with E-state index in [1.807, 2.05) is 18.4 Å². The molecule has 2 heterocycles. The highest BCUT2D eigenvalue weighted by Gasteiger charge is 2.19. The summed E-state index contributed by atoms with van der Waals surface area (Å²) in [5, 5.41) is 12.6. The van der Waals surface area contributed by atoms with Gasteiger partial charge in [0.05, 0.1) is 6.61 Å². The molecule has 0 bridgehead atoms. The summed E-state index contributed by atoms with van der Waals surface area (Å²) in [6.07, 6.45) is 3.29. The quantitative estimate of drug-likeness (QED) is 0.815. The molecule has 4 heteroatoms. The molecule has 76 valence electrons. The number of ether oxygens (including phenoxy) is 1. The Morgan fingerprint density at radius 2 is 2.50 bits per heavy atom. The average molecular weight is 211 g/mol. The van der Waals surface area contributed by atoms with E-state index in [4.69, 9.17) is 4.74 Å². The van der Waals surface area contributed by atoms with Crippen molar-refractivity contribution in [2.24, 2.45) is 0 Å². The third kappa shape index (κ3) is 1.96. The Kier molecular flexibility index (Phi) is 2.84. The maximum absolute atomic E-state index is 9.91. The fourth-order valence-corrected chi connectivity index (χ4v) is 2.17. The van der Waals surface area contributed by atoms with Gasteiger partial charge in [0.2, 0.25) is 0 Å². The molecule has 0 aromatic carbocycles. The third-order valence-corrected chi connectivity index (χ3v) is 3.12. The smallest absolute Gasteiger partial charge is 0.162 e. The molecule has 1 unspecified atom stereocenters. The standard InChI is InChI=1S/C10H13NO2S/c1-7-6-14-10(11-7)9(12)8-4-2-3-5-13-8/h4,6,9,12H,2-3,5H2,1H3. The van der Waals surface area contributed by atoms with Gasteiger partial charge in [0.15, 0.2) is 6.10 Å². The van der Waals surface area contributed by atoms with E-state index in [2.05, 4.69) is 4.98 Å². The molecule has 0 spiro atoms. The Morgan fingerprint density at radius 3 is 3.07 bits per heavy atom. The van der Waals surface area contributed by atoms with Gasteiger partial charge in [0.1, 0.15) is 10.8 Å². The number of rotatable bonds is 2. The molecule has 1 aliphatic rings. The minimum absolute atomic E-state index is 0.658. The number of aryl methyl sites for hydroxylation is 1. The van der Waals surface area contributed by atoms with Crippen molar-refractivity contribution < 1.29 is 9.84 Å². The van der Waals surface area contributed by atoms with Gasteiger partial charge in [-0.2, -0.15) is 0 Å². The Bertz CT molecular complexity index is 346. The lowest BCUT2D eigenvalue weighted by atomic mass is 10.2. The summed E-state index contributed by atoms with van der Waals surface area (Å²) < 4.78 is 5.38. The summed E-state index contributed by atoms with van der Waals surface area (Å²) in [7, 11) is 0. The van der Waals surface area contributed by atoms with E-state index >= 15 is 0 Å². The lowest BCUT2D eigenvalue weighted by Gasteiger charge is -2.18. The first-order valence-electron chi connectivity index (χ1n) is 4.70. The Hall–Kier alpha value is -0.870. The first kappa shape index (κ1) is 9.68. The topological polar surface area (TPSA) is 42.4 Å². The van der Waals surface area contributed by atoms with Crippen LogP contribution < -0.4 is 0 Å². The highest BCUT2D eigenvalue weighted by Crippen LogP contribution is 2.27. The van der Waals surface area contributed by atoms with Gasteiger partial charge in [-0.15, -0.1) is 11.3 Å². The van der Waals surface area contributed by atoms with Crippen molar-refractivity contribution in [3.63, 3.8) is 0 Å². The number of allylic oxidation sites excluding steroid dienone is 1. The van der Waals surface area contributed by atoms with Crippen LogP contribution in [0.4, 0.5) is 0 Å². The SMILES string of the molecule is Cc1csc(C(O)C2=CCCCO2)n1. The summed E-state index contributed by atoms with van der Waals surface area (Å²) in [5.41, 5.74) is 0.945. The molecule has 0 radical (unpaired) electrons. The summed E-state index contributed by atoms with van der Waals surface area (Å²) in [6, 6.07) is 0. The predicted octanol–water partition coefficient (Wildman–Crippen LogP) is 2.18. The van der Waals surface area contributed by atoms with Gasteiger partial charge >= 0.3 is 0 Å². The third-order valence-electron chi connectivity index (χ3n) is 2.10. The van der Waals surface area contributed by atoms with Gasteiger partial charge in [-0.1, -0.05) is 0 Å². The average Bonchev–Trinajstić information content (AvgIpc) is 2.65. The molecule has 0 aliphatic carbocycles. The fraction of sp³-hybridized carbons (Fsp3) is 0.500. The molecule has 1 N–H and O–H groups in total. The minimum Gasteiger partial charge on any atom is -0.495 e. The summed E-state index contributed by atoms with van der Waals surface area (Å²) in [5.74, 6) is 0.658. The van der Waals surface area contributed by atoms with Crippen LogP contribution in [-0.4, -0.2) is 16.7 Å². The zero-order valence-corrected chi connectivity index (χ0v) is 8.88. The van der Waals surface area contributed by atoms with Crippen LogP contribution in [0.15, 0.2) is 17.2 Å². The Morgan fingerprint density at radius 1 is 1.64 bits per heavy atom. The number of aromatic nitrogens is 1. The van der Waals surface area contributed by atoms with Crippen molar-refractivity contribution >= 4 is 11.3 Å². The molecule has 2 rings (SSSR count). The molecular weight excluding hydrogens is 198 g/mol. The highest BCUT2D eigenvalue weighted by atomic mass is 32.1. The predicted molar refractivity (Wildman–Crippen MR) is 55.1 cm³/mol. The van der Waals surface area contributed by atoms with Gasteiger partial charge in [-0.3, -0.25) is 0 Å². The van der Waals surface area contributed by atoms with Crippen molar-refractivity contribution in [1.29, 1.82) is 0 Å². The van der Waals surface area contributed by atoms with Crippen LogP contribution in [-0.2, 0) is 4.74 Å². The van der Waals surface area contributed by atoms with E-state index in [0.29, 0.717) is 12.4 Å². The highest BCUT2D eigenvalue weighted by molar-refractivity contribution is 7.09. The van der Waals surface area contributed by atoms with Crippen molar-refractivity contribution in [2.75, 3.05) is 6.61 Å². The first-order valence-corrected chi connectivity index (χ1v) is 5.58. The molecule has 3 nitrogen and oxygen atoms in total. The van der Waals surface area contributed by atoms with Gasteiger partial charge in [-0.25, -0.2) is 4.98 Å².